The van der Waals surface area contributed by atoms with E-state index in [4.69, 9.17) is 9.47 Å². The maximum Gasteiger partial charge on any atom is 0.119 e. The fraction of sp³-hybridized carbons (Fsp3) is 0.647. The molecule has 3 heteroatoms. The molecule has 112 valence electrons. The van der Waals surface area contributed by atoms with Crippen LogP contribution in [0.5, 0.6) is 5.75 Å². The minimum atomic E-state index is -0.118. The summed E-state index contributed by atoms with van der Waals surface area (Å²) in [6.07, 6.45) is 3.72. The molecule has 0 aliphatic carbocycles. The summed E-state index contributed by atoms with van der Waals surface area (Å²) < 4.78 is 11.8. The van der Waals surface area contributed by atoms with Gasteiger partial charge in [0, 0.05) is 6.61 Å². The molecule has 1 fully saturated rings. The van der Waals surface area contributed by atoms with Gasteiger partial charge in [-0.05, 0) is 64.8 Å². The minimum absolute atomic E-state index is 0.118. The SMILES string of the molecule is CNC(c1ccc(OC(C)C)cc1)C1(C)CCCCO1. The molecule has 0 spiro atoms. The average Bonchev–Trinajstić information content (AvgIpc) is 2.41. The predicted molar refractivity (Wildman–Crippen MR) is 82.2 cm³/mol. The molecule has 1 aliphatic heterocycles. The lowest BCUT2D eigenvalue weighted by molar-refractivity contribution is -0.0884. The van der Waals surface area contributed by atoms with Gasteiger partial charge in [-0.15, -0.1) is 0 Å². The maximum atomic E-state index is 6.07. The molecule has 2 unspecified atom stereocenters. The summed E-state index contributed by atoms with van der Waals surface area (Å²) in [7, 11) is 2.01. The van der Waals surface area contributed by atoms with Crippen molar-refractivity contribution in [2.24, 2.45) is 0 Å². The van der Waals surface area contributed by atoms with Gasteiger partial charge < -0.3 is 14.8 Å². The number of likely N-dealkylation sites (N-methyl/N-ethyl adjacent to an activating group) is 1. The normalized spacial score (nSPS) is 24.6. The van der Waals surface area contributed by atoms with E-state index in [9.17, 15) is 0 Å². The zero-order valence-electron chi connectivity index (χ0n) is 13.1. The van der Waals surface area contributed by atoms with E-state index in [-0.39, 0.29) is 17.7 Å². The van der Waals surface area contributed by atoms with Crippen LogP contribution in [-0.4, -0.2) is 25.4 Å². The first-order valence-electron chi connectivity index (χ1n) is 7.63. The molecule has 1 aliphatic rings. The van der Waals surface area contributed by atoms with Crippen molar-refractivity contribution in [1.82, 2.24) is 5.32 Å². The minimum Gasteiger partial charge on any atom is -0.491 e. The number of nitrogens with one attached hydrogen (secondary N) is 1. The Hall–Kier alpha value is -1.06. The van der Waals surface area contributed by atoms with Gasteiger partial charge in [-0.3, -0.25) is 0 Å². The zero-order valence-corrected chi connectivity index (χ0v) is 13.1. The van der Waals surface area contributed by atoms with E-state index >= 15 is 0 Å². The third kappa shape index (κ3) is 3.53. The molecule has 0 bridgehead atoms. The first kappa shape index (κ1) is 15.3. The maximum absolute atomic E-state index is 6.07. The second-order valence-electron chi connectivity index (χ2n) is 6.08. The van der Waals surface area contributed by atoms with Crippen LogP contribution in [0.1, 0.15) is 51.6 Å². The summed E-state index contributed by atoms with van der Waals surface area (Å²) in [4.78, 5) is 0. The van der Waals surface area contributed by atoms with Crippen LogP contribution in [0.2, 0.25) is 0 Å². The lowest BCUT2D eigenvalue weighted by Crippen LogP contribution is -2.44. The molecule has 20 heavy (non-hydrogen) atoms. The van der Waals surface area contributed by atoms with E-state index in [1.54, 1.807) is 0 Å². The number of ether oxygens (including phenoxy) is 2. The quantitative estimate of drug-likeness (QED) is 0.890. The Morgan fingerprint density at radius 1 is 1.20 bits per heavy atom. The molecule has 2 atom stereocenters. The topological polar surface area (TPSA) is 30.5 Å². The van der Waals surface area contributed by atoms with Crippen molar-refractivity contribution in [2.45, 2.75) is 57.8 Å². The van der Waals surface area contributed by atoms with Gasteiger partial charge in [0.05, 0.1) is 17.7 Å². The van der Waals surface area contributed by atoms with Crippen LogP contribution in [0.25, 0.3) is 0 Å². The average molecular weight is 277 g/mol. The van der Waals surface area contributed by atoms with E-state index in [0.29, 0.717) is 0 Å². The van der Waals surface area contributed by atoms with Crippen LogP contribution in [0.4, 0.5) is 0 Å². The molecule has 2 rings (SSSR count). The van der Waals surface area contributed by atoms with Crippen molar-refractivity contribution < 1.29 is 9.47 Å². The Morgan fingerprint density at radius 3 is 2.40 bits per heavy atom. The fourth-order valence-electron chi connectivity index (χ4n) is 3.02. The van der Waals surface area contributed by atoms with Crippen LogP contribution in [0.15, 0.2) is 24.3 Å². The van der Waals surface area contributed by atoms with E-state index in [1.807, 2.05) is 33.0 Å². The summed E-state index contributed by atoms with van der Waals surface area (Å²) in [5.74, 6) is 0.924. The van der Waals surface area contributed by atoms with Gasteiger partial charge in [-0.2, -0.15) is 0 Å². The lowest BCUT2D eigenvalue weighted by atomic mass is 9.84. The largest absolute Gasteiger partial charge is 0.491 e. The second-order valence-corrected chi connectivity index (χ2v) is 6.08. The number of hydrogen-bond acceptors (Lipinski definition) is 3. The first-order chi connectivity index (χ1) is 9.55. The molecule has 0 amide bonds. The highest BCUT2D eigenvalue weighted by Gasteiger charge is 2.36. The second kappa shape index (κ2) is 6.59. The Labute approximate surface area is 122 Å². The van der Waals surface area contributed by atoms with E-state index in [2.05, 4.69) is 24.4 Å². The lowest BCUT2D eigenvalue weighted by Gasteiger charge is -2.40. The molecule has 0 aromatic heterocycles. The van der Waals surface area contributed by atoms with Gasteiger partial charge in [0.25, 0.3) is 0 Å². The summed E-state index contributed by atoms with van der Waals surface area (Å²) in [6, 6.07) is 8.60. The Balaban J connectivity index is 2.14. The van der Waals surface area contributed by atoms with E-state index in [0.717, 1.165) is 18.8 Å². The van der Waals surface area contributed by atoms with E-state index in [1.165, 1.54) is 18.4 Å². The molecule has 3 nitrogen and oxygen atoms in total. The molecular formula is C17H27NO2. The van der Waals surface area contributed by atoms with E-state index < -0.39 is 0 Å². The summed E-state index contributed by atoms with van der Waals surface area (Å²) >= 11 is 0. The molecule has 1 aromatic rings. The number of benzene rings is 1. The highest BCUT2D eigenvalue weighted by atomic mass is 16.5. The van der Waals surface area contributed by atoms with Gasteiger partial charge in [0.15, 0.2) is 0 Å². The van der Waals surface area contributed by atoms with Crippen LogP contribution in [0, 0.1) is 0 Å². The molecule has 1 saturated heterocycles. The highest BCUT2D eigenvalue weighted by molar-refractivity contribution is 5.31. The van der Waals surface area contributed by atoms with Gasteiger partial charge in [0.2, 0.25) is 0 Å². The summed E-state index contributed by atoms with van der Waals surface area (Å²) in [6.45, 7) is 7.16. The predicted octanol–water partition coefficient (Wildman–Crippen LogP) is 3.69. The van der Waals surface area contributed by atoms with Crippen molar-refractivity contribution in [3.63, 3.8) is 0 Å². The van der Waals surface area contributed by atoms with Crippen LogP contribution in [0.3, 0.4) is 0 Å². The van der Waals surface area contributed by atoms with Crippen molar-refractivity contribution in [3.05, 3.63) is 29.8 Å². The Morgan fingerprint density at radius 2 is 1.90 bits per heavy atom. The molecule has 1 aromatic carbocycles. The van der Waals surface area contributed by atoms with Crippen molar-refractivity contribution >= 4 is 0 Å². The van der Waals surface area contributed by atoms with Crippen molar-refractivity contribution in [1.29, 1.82) is 0 Å². The van der Waals surface area contributed by atoms with Crippen molar-refractivity contribution in [2.75, 3.05) is 13.7 Å². The monoisotopic (exact) mass is 277 g/mol. The molecule has 0 saturated carbocycles. The number of rotatable bonds is 5. The third-order valence-electron chi connectivity index (χ3n) is 3.98. The van der Waals surface area contributed by atoms with Gasteiger partial charge in [-0.1, -0.05) is 12.1 Å². The smallest absolute Gasteiger partial charge is 0.119 e. The fourth-order valence-corrected chi connectivity index (χ4v) is 3.02. The van der Waals surface area contributed by atoms with Gasteiger partial charge in [0.1, 0.15) is 5.75 Å². The van der Waals surface area contributed by atoms with Crippen molar-refractivity contribution in [3.8, 4) is 5.75 Å². The van der Waals surface area contributed by atoms with Crippen LogP contribution >= 0.6 is 0 Å². The summed E-state index contributed by atoms with van der Waals surface area (Å²) in [5, 5.41) is 3.42. The third-order valence-corrected chi connectivity index (χ3v) is 3.98. The van der Waals surface area contributed by atoms with Crippen LogP contribution < -0.4 is 10.1 Å². The zero-order chi connectivity index (χ0) is 14.6. The first-order valence-corrected chi connectivity index (χ1v) is 7.63. The number of hydrogen-bond donors (Lipinski definition) is 1. The summed E-state index contributed by atoms with van der Waals surface area (Å²) in [5.41, 5.74) is 1.14. The molecule has 1 heterocycles. The Bertz CT molecular complexity index is 408. The van der Waals surface area contributed by atoms with Gasteiger partial charge in [-0.25, -0.2) is 0 Å². The van der Waals surface area contributed by atoms with Gasteiger partial charge >= 0.3 is 0 Å². The molecular weight excluding hydrogens is 250 g/mol. The standard InChI is InChI=1S/C17H27NO2/c1-13(2)20-15-9-7-14(8-10-15)16(18-4)17(3)11-5-6-12-19-17/h7-10,13,16,18H,5-6,11-12H2,1-4H3. The molecule has 1 N–H and O–H groups in total. The Kier molecular flexibility index (Phi) is 5.06. The molecule has 0 radical (unpaired) electrons. The van der Waals surface area contributed by atoms with Crippen LogP contribution in [-0.2, 0) is 4.74 Å². The highest BCUT2D eigenvalue weighted by Crippen LogP contribution is 2.36.